The fourth-order valence-corrected chi connectivity index (χ4v) is 3.43. The molecular weight excluding hydrogens is 417 g/mol. The van der Waals surface area contributed by atoms with E-state index in [1.807, 2.05) is 0 Å². The van der Waals surface area contributed by atoms with Crippen LogP contribution in [0.3, 0.4) is 0 Å². The van der Waals surface area contributed by atoms with Gasteiger partial charge in [0.25, 0.3) is 11.8 Å². The van der Waals surface area contributed by atoms with Crippen molar-refractivity contribution in [3.8, 4) is 0 Å². The third-order valence-electron chi connectivity index (χ3n) is 4.50. The molecule has 3 rings (SSSR count). The number of carbonyl (C=O) groups is 3. The quantitative estimate of drug-likeness (QED) is 0.571. The van der Waals surface area contributed by atoms with Crippen molar-refractivity contribution >= 4 is 52.3 Å². The van der Waals surface area contributed by atoms with E-state index in [1.54, 1.807) is 30.3 Å². The number of primary amides is 1. The standard InChI is InChI=1S/C19H17Cl2N5O3/c1-23-17(28)15-19(18(22)29,25-9-24-15)10-2-5-12(6-3-10)26-16(27)13-8-11(20)4-7-14(13)21/h2-8,25H,9H2,1H3,(H2,22,29)(H,23,28)(H,26,27). The summed E-state index contributed by atoms with van der Waals surface area (Å²) in [6, 6.07) is 10.9. The van der Waals surface area contributed by atoms with Gasteiger partial charge in [-0.25, -0.2) is 0 Å². The smallest absolute Gasteiger partial charge is 0.267 e. The van der Waals surface area contributed by atoms with Crippen molar-refractivity contribution in [3.05, 3.63) is 63.6 Å². The maximum Gasteiger partial charge on any atom is 0.267 e. The molecule has 5 N–H and O–H groups in total. The van der Waals surface area contributed by atoms with Gasteiger partial charge in [0.05, 0.1) is 17.3 Å². The van der Waals surface area contributed by atoms with Gasteiger partial charge in [-0.2, -0.15) is 0 Å². The summed E-state index contributed by atoms with van der Waals surface area (Å²) >= 11 is 12.0. The molecule has 2 aromatic carbocycles. The first-order chi connectivity index (χ1) is 13.8. The van der Waals surface area contributed by atoms with Crippen molar-refractivity contribution in [2.24, 2.45) is 10.7 Å². The lowest BCUT2D eigenvalue weighted by atomic mass is 9.84. The highest BCUT2D eigenvalue weighted by Gasteiger charge is 2.49. The number of hydrogen-bond acceptors (Lipinski definition) is 5. The molecule has 8 nitrogen and oxygen atoms in total. The number of halogens is 2. The maximum atomic E-state index is 12.5. The van der Waals surface area contributed by atoms with Gasteiger partial charge in [-0.1, -0.05) is 35.3 Å². The summed E-state index contributed by atoms with van der Waals surface area (Å²) in [5, 5.41) is 8.69. The lowest BCUT2D eigenvalue weighted by Gasteiger charge is -2.27. The summed E-state index contributed by atoms with van der Waals surface area (Å²) in [5.41, 5.74) is 5.13. The average Bonchev–Trinajstić information content (AvgIpc) is 3.16. The van der Waals surface area contributed by atoms with Crippen LogP contribution in [0.5, 0.6) is 0 Å². The predicted molar refractivity (Wildman–Crippen MR) is 111 cm³/mol. The molecule has 1 aliphatic rings. The second-order valence-corrected chi connectivity index (χ2v) is 7.03. The number of aliphatic imine (C=N–C) groups is 1. The van der Waals surface area contributed by atoms with Crippen LogP contribution in [0.25, 0.3) is 0 Å². The number of anilines is 1. The number of nitrogens with two attached hydrogens (primary N) is 1. The summed E-state index contributed by atoms with van der Waals surface area (Å²) in [6.07, 6.45) is 0. The summed E-state index contributed by atoms with van der Waals surface area (Å²) in [6.45, 7) is 0.0669. The Labute approximate surface area is 176 Å². The van der Waals surface area contributed by atoms with Crippen LogP contribution in [0.2, 0.25) is 10.0 Å². The molecule has 0 fully saturated rings. The molecule has 10 heteroatoms. The predicted octanol–water partition coefficient (Wildman–Crippen LogP) is 1.67. The van der Waals surface area contributed by atoms with Crippen molar-refractivity contribution in [2.45, 2.75) is 5.54 Å². The normalized spacial score (nSPS) is 18.1. The molecule has 0 aromatic heterocycles. The topological polar surface area (TPSA) is 126 Å². The van der Waals surface area contributed by atoms with Crippen molar-refractivity contribution < 1.29 is 14.4 Å². The molecule has 150 valence electrons. The summed E-state index contributed by atoms with van der Waals surface area (Å²) in [5.74, 6) is -1.72. The highest BCUT2D eigenvalue weighted by molar-refractivity contribution is 6.47. The maximum absolute atomic E-state index is 12.5. The molecule has 29 heavy (non-hydrogen) atoms. The zero-order chi connectivity index (χ0) is 21.2. The Hall–Kier alpha value is -2.94. The molecule has 3 amide bonds. The summed E-state index contributed by atoms with van der Waals surface area (Å²) in [4.78, 5) is 41.0. The number of carbonyl (C=O) groups excluding carboxylic acids is 3. The molecule has 0 radical (unpaired) electrons. The first-order valence-electron chi connectivity index (χ1n) is 8.48. The summed E-state index contributed by atoms with van der Waals surface area (Å²) in [7, 11) is 1.44. The van der Waals surface area contributed by atoms with Crippen LogP contribution in [0.15, 0.2) is 47.5 Å². The Kier molecular flexibility index (Phi) is 5.88. The van der Waals surface area contributed by atoms with E-state index in [2.05, 4.69) is 20.9 Å². The Morgan fingerprint density at radius 3 is 2.41 bits per heavy atom. The molecule has 1 aliphatic heterocycles. The van der Waals surface area contributed by atoms with Crippen LogP contribution in [0, 0.1) is 0 Å². The fraction of sp³-hybridized carbons (Fsp3) is 0.158. The SMILES string of the molecule is CNC(=O)C1=NCNC1(C(N)=O)c1ccc(NC(=O)c2cc(Cl)ccc2Cl)cc1. The van der Waals surface area contributed by atoms with Gasteiger partial charge in [0.2, 0.25) is 5.91 Å². The van der Waals surface area contributed by atoms with Gasteiger partial charge in [-0.05, 0) is 35.9 Å². The summed E-state index contributed by atoms with van der Waals surface area (Å²) < 4.78 is 0. The Morgan fingerprint density at radius 2 is 1.79 bits per heavy atom. The zero-order valence-electron chi connectivity index (χ0n) is 15.3. The number of nitrogens with zero attached hydrogens (tertiary/aromatic N) is 1. The number of rotatable bonds is 5. The minimum absolute atomic E-state index is 0.0185. The molecule has 0 spiro atoms. The molecule has 0 bridgehead atoms. The number of hydrogen-bond donors (Lipinski definition) is 4. The molecule has 0 saturated carbocycles. The third-order valence-corrected chi connectivity index (χ3v) is 5.06. The minimum Gasteiger partial charge on any atom is -0.367 e. The second kappa shape index (κ2) is 8.20. The van der Waals surface area contributed by atoms with Crippen LogP contribution < -0.4 is 21.7 Å². The monoisotopic (exact) mass is 433 g/mol. The Morgan fingerprint density at radius 1 is 1.10 bits per heavy atom. The van der Waals surface area contributed by atoms with Gasteiger partial charge < -0.3 is 16.4 Å². The highest BCUT2D eigenvalue weighted by atomic mass is 35.5. The molecule has 2 aromatic rings. The van der Waals surface area contributed by atoms with Crippen molar-refractivity contribution in [1.82, 2.24) is 10.6 Å². The van der Waals surface area contributed by atoms with Gasteiger partial charge in [-0.3, -0.25) is 24.7 Å². The fourth-order valence-electron chi connectivity index (χ4n) is 3.06. The zero-order valence-corrected chi connectivity index (χ0v) is 16.8. The van der Waals surface area contributed by atoms with Gasteiger partial charge in [0.1, 0.15) is 5.71 Å². The van der Waals surface area contributed by atoms with E-state index in [1.165, 1.54) is 19.2 Å². The number of nitrogens with one attached hydrogen (secondary N) is 3. The first kappa shape index (κ1) is 20.8. The van der Waals surface area contributed by atoms with Crippen molar-refractivity contribution in [1.29, 1.82) is 0 Å². The van der Waals surface area contributed by atoms with E-state index in [9.17, 15) is 14.4 Å². The van der Waals surface area contributed by atoms with Gasteiger partial charge in [0.15, 0.2) is 5.54 Å². The van der Waals surface area contributed by atoms with E-state index in [0.29, 0.717) is 16.3 Å². The van der Waals surface area contributed by atoms with Gasteiger partial charge in [0, 0.05) is 17.8 Å². The lowest BCUT2D eigenvalue weighted by molar-refractivity contribution is -0.123. The lowest BCUT2D eigenvalue weighted by Crippen LogP contribution is -2.58. The van der Waals surface area contributed by atoms with E-state index in [0.717, 1.165) is 0 Å². The van der Waals surface area contributed by atoms with Crippen LogP contribution in [0.1, 0.15) is 15.9 Å². The molecule has 0 saturated heterocycles. The molecule has 1 unspecified atom stereocenters. The largest absolute Gasteiger partial charge is 0.367 e. The second-order valence-electron chi connectivity index (χ2n) is 6.19. The van der Waals surface area contributed by atoms with E-state index < -0.39 is 23.3 Å². The Balaban J connectivity index is 1.88. The van der Waals surface area contributed by atoms with E-state index in [-0.39, 0.29) is 23.0 Å². The third kappa shape index (κ3) is 3.82. The minimum atomic E-state index is -1.56. The first-order valence-corrected chi connectivity index (χ1v) is 9.24. The van der Waals surface area contributed by atoms with Crippen LogP contribution in [0.4, 0.5) is 5.69 Å². The molecular formula is C19H17Cl2N5O3. The van der Waals surface area contributed by atoms with Crippen LogP contribution in [-0.2, 0) is 15.1 Å². The highest BCUT2D eigenvalue weighted by Crippen LogP contribution is 2.28. The van der Waals surface area contributed by atoms with Crippen LogP contribution >= 0.6 is 23.2 Å². The number of benzene rings is 2. The van der Waals surface area contributed by atoms with Crippen molar-refractivity contribution in [2.75, 3.05) is 19.0 Å². The van der Waals surface area contributed by atoms with Crippen molar-refractivity contribution in [3.63, 3.8) is 0 Å². The number of amides is 3. The van der Waals surface area contributed by atoms with E-state index >= 15 is 0 Å². The molecule has 1 atom stereocenters. The average molecular weight is 434 g/mol. The van der Waals surface area contributed by atoms with Gasteiger partial charge >= 0.3 is 0 Å². The van der Waals surface area contributed by atoms with E-state index in [4.69, 9.17) is 28.9 Å². The molecule has 1 heterocycles. The van der Waals surface area contributed by atoms with Crippen LogP contribution in [-0.4, -0.2) is 37.1 Å². The van der Waals surface area contributed by atoms with Gasteiger partial charge in [-0.15, -0.1) is 0 Å². The molecule has 0 aliphatic carbocycles. The Bertz CT molecular complexity index is 1020.